The minimum atomic E-state index is -0.391. The second-order valence-corrected chi connectivity index (χ2v) is 9.84. The van der Waals surface area contributed by atoms with Crippen LogP contribution in [0.15, 0.2) is 86.5 Å². The van der Waals surface area contributed by atoms with Gasteiger partial charge in [-0.3, -0.25) is 9.69 Å². The maximum absolute atomic E-state index is 12.6. The number of carbonyl (C=O) groups excluding carboxylic acids is 1. The molecule has 1 saturated heterocycles. The summed E-state index contributed by atoms with van der Waals surface area (Å²) in [5.41, 5.74) is 3.89. The quantitative estimate of drug-likeness (QED) is 0.291. The Morgan fingerprint density at radius 1 is 1.03 bits per heavy atom. The van der Waals surface area contributed by atoms with Crippen LogP contribution in [0.1, 0.15) is 22.1 Å². The summed E-state index contributed by atoms with van der Waals surface area (Å²) in [4.78, 5) is 26.4. The molecule has 1 unspecified atom stereocenters. The lowest BCUT2D eigenvalue weighted by molar-refractivity contribution is -0.115. The Kier molecular flexibility index (Phi) is 6.00. The summed E-state index contributed by atoms with van der Waals surface area (Å²) in [5.74, 6) is 1.23. The third-order valence-corrected chi connectivity index (χ3v) is 7.26. The molecule has 2 heterocycles. The number of fused-ring (bicyclic) bond motifs is 1. The molecule has 1 atom stereocenters. The van der Waals surface area contributed by atoms with Gasteiger partial charge < -0.3 is 9.15 Å². The SMILES string of the molecule is Cc1ccc2c(COc3ccc(C4SCC(=O)N4c4ccc(Br)cc4)cc3)cc(=O)oc2c1. The fraction of sp³-hybridized carbons (Fsp3) is 0.154. The smallest absolute Gasteiger partial charge is 0.336 e. The van der Waals surface area contributed by atoms with Gasteiger partial charge in [-0.1, -0.05) is 40.2 Å². The van der Waals surface area contributed by atoms with Crippen molar-refractivity contribution in [3.05, 3.63) is 104 Å². The Morgan fingerprint density at radius 3 is 2.55 bits per heavy atom. The molecular formula is C26H20BrNO4S. The molecular weight excluding hydrogens is 502 g/mol. The zero-order chi connectivity index (χ0) is 22.9. The Labute approximate surface area is 203 Å². The number of hydrogen-bond donors (Lipinski definition) is 0. The van der Waals surface area contributed by atoms with E-state index in [-0.39, 0.29) is 17.9 Å². The van der Waals surface area contributed by atoms with Gasteiger partial charge in [-0.25, -0.2) is 4.79 Å². The van der Waals surface area contributed by atoms with E-state index in [0.29, 0.717) is 17.1 Å². The number of carbonyl (C=O) groups is 1. The van der Waals surface area contributed by atoms with Crippen LogP contribution in [-0.2, 0) is 11.4 Å². The zero-order valence-electron chi connectivity index (χ0n) is 17.8. The molecule has 0 saturated carbocycles. The average Bonchev–Trinajstić information content (AvgIpc) is 3.19. The summed E-state index contributed by atoms with van der Waals surface area (Å²) in [6.45, 7) is 2.21. The van der Waals surface area contributed by atoms with Crippen LogP contribution in [-0.4, -0.2) is 11.7 Å². The number of halogens is 1. The second-order valence-electron chi connectivity index (χ2n) is 7.85. The number of ether oxygens (including phenoxy) is 1. The molecule has 166 valence electrons. The van der Waals surface area contributed by atoms with Gasteiger partial charge >= 0.3 is 5.63 Å². The Bertz CT molecular complexity index is 1380. The van der Waals surface area contributed by atoms with E-state index in [1.54, 1.807) is 11.8 Å². The first-order valence-corrected chi connectivity index (χ1v) is 12.3. The predicted octanol–water partition coefficient (Wildman–Crippen LogP) is 6.22. The van der Waals surface area contributed by atoms with Crippen molar-refractivity contribution in [2.75, 3.05) is 10.7 Å². The molecule has 1 amide bonds. The Balaban J connectivity index is 1.34. The maximum atomic E-state index is 12.6. The number of benzene rings is 3. The van der Waals surface area contributed by atoms with E-state index in [4.69, 9.17) is 9.15 Å². The molecule has 1 aliphatic heterocycles. The highest BCUT2D eigenvalue weighted by atomic mass is 79.9. The van der Waals surface area contributed by atoms with E-state index in [0.717, 1.165) is 32.2 Å². The molecule has 1 aliphatic rings. The van der Waals surface area contributed by atoms with Gasteiger partial charge in [0, 0.05) is 27.2 Å². The van der Waals surface area contributed by atoms with Crippen molar-refractivity contribution in [2.45, 2.75) is 18.9 Å². The summed E-state index contributed by atoms with van der Waals surface area (Å²) in [6, 6.07) is 22.8. The molecule has 33 heavy (non-hydrogen) atoms. The largest absolute Gasteiger partial charge is 0.489 e. The van der Waals surface area contributed by atoms with Gasteiger partial charge in [0.15, 0.2) is 0 Å². The highest BCUT2D eigenvalue weighted by Gasteiger charge is 2.34. The topological polar surface area (TPSA) is 59.8 Å². The van der Waals surface area contributed by atoms with Gasteiger partial charge in [-0.2, -0.15) is 0 Å². The third kappa shape index (κ3) is 4.56. The minimum Gasteiger partial charge on any atom is -0.489 e. The average molecular weight is 522 g/mol. The van der Waals surface area contributed by atoms with Crippen LogP contribution in [0.2, 0.25) is 0 Å². The van der Waals surface area contributed by atoms with Gasteiger partial charge in [-0.05, 0) is 60.5 Å². The van der Waals surface area contributed by atoms with Crippen LogP contribution in [0.5, 0.6) is 5.75 Å². The molecule has 5 nitrogen and oxygen atoms in total. The molecule has 7 heteroatoms. The molecule has 4 aromatic rings. The van der Waals surface area contributed by atoms with Gasteiger partial charge in [-0.15, -0.1) is 11.8 Å². The molecule has 0 bridgehead atoms. The maximum Gasteiger partial charge on any atom is 0.336 e. The van der Waals surface area contributed by atoms with E-state index < -0.39 is 5.63 Å². The van der Waals surface area contributed by atoms with E-state index in [9.17, 15) is 9.59 Å². The number of nitrogens with zero attached hydrogens (tertiary/aromatic N) is 1. The van der Waals surface area contributed by atoms with Crippen molar-refractivity contribution in [3.8, 4) is 5.75 Å². The van der Waals surface area contributed by atoms with Gasteiger partial charge in [0.25, 0.3) is 0 Å². The van der Waals surface area contributed by atoms with Crippen LogP contribution < -0.4 is 15.3 Å². The van der Waals surface area contributed by atoms with Gasteiger partial charge in [0.1, 0.15) is 23.3 Å². The first-order chi connectivity index (χ1) is 16.0. The summed E-state index contributed by atoms with van der Waals surface area (Å²) in [7, 11) is 0. The van der Waals surface area contributed by atoms with Crippen molar-refractivity contribution in [1.29, 1.82) is 0 Å². The van der Waals surface area contributed by atoms with E-state index >= 15 is 0 Å². The van der Waals surface area contributed by atoms with Crippen LogP contribution in [0.3, 0.4) is 0 Å². The van der Waals surface area contributed by atoms with Crippen molar-refractivity contribution in [2.24, 2.45) is 0 Å². The standard InChI is InChI=1S/C26H20BrNO4S/c1-16-2-11-22-18(13-25(30)32-23(22)12-16)14-31-21-9-3-17(4-10-21)26-28(24(29)15-33-26)20-7-5-19(27)6-8-20/h2-13,26H,14-15H2,1H3. The lowest BCUT2D eigenvalue weighted by Crippen LogP contribution is -2.27. The van der Waals surface area contributed by atoms with Crippen LogP contribution >= 0.6 is 27.7 Å². The van der Waals surface area contributed by atoms with Crippen LogP contribution in [0.25, 0.3) is 11.0 Å². The fourth-order valence-electron chi connectivity index (χ4n) is 3.90. The van der Waals surface area contributed by atoms with Gasteiger partial charge in [0.05, 0.1) is 5.75 Å². The lowest BCUT2D eigenvalue weighted by Gasteiger charge is -2.24. The van der Waals surface area contributed by atoms with E-state index in [1.165, 1.54) is 6.07 Å². The minimum absolute atomic E-state index is 0.0846. The number of amides is 1. The van der Waals surface area contributed by atoms with E-state index in [1.807, 2.05) is 78.6 Å². The monoisotopic (exact) mass is 521 g/mol. The van der Waals surface area contributed by atoms with Gasteiger partial charge in [0.2, 0.25) is 5.91 Å². The summed E-state index contributed by atoms with van der Waals surface area (Å²) in [6.07, 6.45) is 0. The number of anilines is 1. The summed E-state index contributed by atoms with van der Waals surface area (Å²) in [5, 5.41) is 0.779. The number of thioether (sulfide) groups is 1. The molecule has 0 N–H and O–H groups in total. The highest BCUT2D eigenvalue weighted by molar-refractivity contribution is 9.10. The molecule has 3 aromatic carbocycles. The van der Waals surface area contributed by atoms with Crippen LogP contribution in [0.4, 0.5) is 5.69 Å². The highest BCUT2D eigenvalue weighted by Crippen LogP contribution is 2.42. The number of rotatable bonds is 5. The molecule has 0 radical (unpaired) electrons. The van der Waals surface area contributed by atoms with Crippen molar-refractivity contribution in [1.82, 2.24) is 0 Å². The molecule has 1 aromatic heterocycles. The molecule has 5 rings (SSSR count). The Hall–Kier alpha value is -3.03. The molecule has 0 spiro atoms. The normalized spacial score (nSPS) is 15.9. The summed E-state index contributed by atoms with van der Waals surface area (Å²) >= 11 is 5.05. The van der Waals surface area contributed by atoms with Crippen LogP contribution in [0, 0.1) is 6.92 Å². The molecule has 1 fully saturated rings. The number of aryl methyl sites for hydroxylation is 1. The number of hydrogen-bond acceptors (Lipinski definition) is 5. The first kappa shape index (κ1) is 21.8. The predicted molar refractivity (Wildman–Crippen MR) is 135 cm³/mol. The fourth-order valence-corrected chi connectivity index (χ4v) is 5.34. The first-order valence-electron chi connectivity index (χ1n) is 10.4. The Morgan fingerprint density at radius 2 is 1.79 bits per heavy atom. The van der Waals surface area contributed by atoms with Crippen molar-refractivity contribution >= 4 is 50.3 Å². The second kappa shape index (κ2) is 9.08. The van der Waals surface area contributed by atoms with Crippen molar-refractivity contribution < 1.29 is 13.9 Å². The molecule has 0 aliphatic carbocycles. The zero-order valence-corrected chi connectivity index (χ0v) is 20.2. The summed E-state index contributed by atoms with van der Waals surface area (Å²) < 4.78 is 12.3. The third-order valence-electron chi connectivity index (χ3n) is 5.52. The van der Waals surface area contributed by atoms with Crippen molar-refractivity contribution in [3.63, 3.8) is 0 Å². The lowest BCUT2D eigenvalue weighted by atomic mass is 10.1. The van der Waals surface area contributed by atoms with E-state index in [2.05, 4.69) is 15.9 Å².